The largest absolute Gasteiger partial charge is 0.461 e. The number of hydrogen-bond acceptors (Lipinski definition) is 3. The molecule has 1 saturated carbocycles. The van der Waals surface area contributed by atoms with Crippen molar-refractivity contribution in [2.45, 2.75) is 44.9 Å². The molecule has 0 bridgehead atoms. The van der Waals surface area contributed by atoms with Gasteiger partial charge in [0.2, 0.25) is 0 Å². The Bertz CT molecular complexity index is 943. The fourth-order valence-corrected chi connectivity index (χ4v) is 4.22. The van der Waals surface area contributed by atoms with Crippen LogP contribution in [0.25, 0.3) is 21.9 Å². The van der Waals surface area contributed by atoms with E-state index in [0.29, 0.717) is 18.2 Å². The molecule has 0 unspecified atom stereocenters. The molecule has 1 aliphatic carbocycles. The molecule has 1 fully saturated rings. The average molecular weight is 359 g/mol. The zero-order chi connectivity index (χ0) is 18.6. The minimum Gasteiger partial charge on any atom is -0.461 e. The number of hydrogen-bond donors (Lipinski definition) is 0. The lowest BCUT2D eigenvalue weighted by Gasteiger charge is -2.24. The van der Waals surface area contributed by atoms with Gasteiger partial charge in [-0.15, -0.1) is 0 Å². The van der Waals surface area contributed by atoms with Crippen molar-refractivity contribution in [3.8, 4) is 11.1 Å². The van der Waals surface area contributed by atoms with E-state index in [2.05, 4.69) is 18.2 Å². The van der Waals surface area contributed by atoms with Crippen LogP contribution in [-0.4, -0.2) is 17.6 Å². The van der Waals surface area contributed by atoms with E-state index in [1.165, 1.54) is 19.3 Å². The van der Waals surface area contributed by atoms with Gasteiger partial charge in [-0.3, -0.25) is 0 Å². The Labute approximate surface area is 160 Å². The normalized spacial score (nSPS) is 15.0. The summed E-state index contributed by atoms with van der Waals surface area (Å²) < 4.78 is 5.38. The zero-order valence-corrected chi connectivity index (χ0v) is 15.8. The van der Waals surface area contributed by atoms with Gasteiger partial charge in [0.15, 0.2) is 5.69 Å². The quantitative estimate of drug-likeness (QED) is 0.526. The molecule has 27 heavy (non-hydrogen) atoms. The van der Waals surface area contributed by atoms with Crippen molar-refractivity contribution in [1.82, 2.24) is 4.98 Å². The van der Waals surface area contributed by atoms with Gasteiger partial charge < -0.3 is 4.74 Å². The number of carbonyl (C=O) groups excluding carboxylic acids is 1. The Hall–Kier alpha value is -2.68. The second-order valence-corrected chi connectivity index (χ2v) is 7.19. The van der Waals surface area contributed by atoms with E-state index in [1.54, 1.807) is 0 Å². The number of esters is 1. The van der Waals surface area contributed by atoms with Crippen LogP contribution in [0.5, 0.6) is 0 Å². The van der Waals surface area contributed by atoms with Crippen molar-refractivity contribution in [1.29, 1.82) is 0 Å². The molecule has 2 aromatic carbocycles. The van der Waals surface area contributed by atoms with Gasteiger partial charge in [-0.05, 0) is 30.7 Å². The van der Waals surface area contributed by atoms with Crippen molar-refractivity contribution in [2.75, 3.05) is 6.61 Å². The van der Waals surface area contributed by atoms with E-state index >= 15 is 0 Å². The highest BCUT2D eigenvalue weighted by atomic mass is 16.5. The van der Waals surface area contributed by atoms with Crippen LogP contribution in [0, 0.1) is 0 Å². The molecule has 1 aliphatic rings. The van der Waals surface area contributed by atoms with E-state index in [-0.39, 0.29) is 5.97 Å². The fourth-order valence-electron chi connectivity index (χ4n) is 4.22. The van der Waals surface area contributed by atoms with Crippen molar-refractivity contribution < 1.29 is 9.53 Å². The minimum atomic E-state index is -0.334. The number of ether oxygens (including phenoxy) is 1. The summed E-state index contributed by atoms with van der Waals surface area (Å²) in [5, 5.41) is 2.25. The number of rotatable bonds is 4. The highest BCUT2D eigenvalue weighted by molar-refractivity contribution is 6.07. The first-order chi connectivity index (χ1) is 13.3. The molecule has 0 spiro atoms. The molecular formula is C24H25NO2. The maximum atomic E-state index is 12.8. The molecule has 3 nitrogen and oxygen atoms in total. The summed E-state index contributed by atoms with van der Waals surface area (Å²) in [6.45, 7) is 2.18. The second kappa shape index (κ2) is 7.91. The molecule has 0 radical (unpaired) electrons. The van der Waals surface area contributed by atoms with Crippen molar-refractivity contribution in [3.05, 3.63) is 66.0 Å². The maximum absolute atomic E-state index is 12.8. The third kappa shape index (κ3) is 3.46. The summed E-state index contributed by atoms with van der Waals surface area (Å²) in [6.07, 6.45) is 6.04. The smallest absolute Gasteiger partial charge is 0.357 e. The van der Waals surface area contributed by atoms with Crippen molar-refractivity contribution in [3.63, 3.8) is 0 Å². The molecule has 3 aromatic rings. The highest BCUT2D eigenvalue weighted by Gasteiger charge is 2.25. The average Bonchev–Trinajstić information content (AvgIpc) is 2.74. The van der Waals surface area contributed by atoms with Crippen LogP contribution in [0.1, 0.15) is 61.1 Å². The first-order valence-electron chi connectivity index (χ1n) is 9.94. The first-order valence-corrected chi connectivity index (χ1v) is 9.94. The monoisotopic (exact) mass is 359 g/mol. The van der Waals surface area contributed by atoms with Crippen molar-refractivity contribution in [2.24, 2.45) is 0 Å². The number of nitrogens with zero attached hydrogens (tertiary/aromatic N) is 1. The van der Waals surface area contributed by atoms with E-state index in [1.807, 2.05) is 43.3 Å². The van der Waals surface area contributed by atoms with Crippen LogP contribution in [0.2, 0.25) is 0 Å². The van der Waals surface area contributed by atoms with Crippen LogP contribution in [0.15, 0.2) is 54.6 Å². The van der Waals surface area contributed by atoms with Gasteiger partial charge in [0.05, 0.1) is 12.3 Å². The summed E-state index contributed by atoms with van der Waals surface area (Å²) in [5.41, 5.74) is 3.39. The van der Waals surface area contributed by atoms with Crippen LogP contribution >= 0.6 is 0 Å². The molecule has 0 atom stereocenters. The fraction of sp³-hybridized carbons (Fsp3) is 0.333. The van der Waals surface area contributed by atoms with Crippen molar-refractivity contribution >= 4 is 16.7 Å². The predicted octanol–water partition coefficient (Wildman–Crippen LogP) is 6.13. The lowest BCUT2D eigenvalue weighted by molar-refractivity contribution is 0.0520. The molecule has 3 heteroatoms. The van der Waals surface area contributed by atoms with Crippen LogP contribution < -0.4 is 0 Å². The minimum absolute atomic E-state index is 0.334. The highest BCUT2D eigenvalue weighted by Crippen LogP contribution is 2.39. The molecule has 1 heterocycles. The van der Waals surface area contributed by atoms with Gasteiger partial charge in [0.1, 0.15) is 0 Å². The number of aromatic nitrogens is 1. The summed E-state index contributed by atoms with van der Waals surface area (Å²) in [7, 11) is 0. The maximum Gasteiger partial charge on any atom is 0.357 e. The van der Waals surface area contributed by atoms with E-state index < -0.39 is 0 Å². The molecule has 0 N–H and O–H groups in total. The third-order valence-corrected chi connectivity index (χ3v) is 5.46. The van der Waals surface area contributed by atoms with E-state index in [4.69, 9.17) is 9.72 Å². The Morgan fingerprint density at radius 1 is 0.963 bits per heavy atom. The van der Waals surface area contributed by atoms with Crippen LogP contribution in [-0.2, 0) is 4.74 Å². The third-order valence-electron chi connectivity index (χ3n) is 5.46. The predicted molar refractivity (Wildman–Crippen MR) is 109 cm³/mol. The number of pyridine rings is 1. The summed E-state index contributed by atoms with van der Waals surface area (Å²) in [5.74, 6) is 0.0841. The summed E-state index contributed by atoms with van der Waals surface area (Å²) in [6, 6.07) is 18.4. The van der Waals surface area contributed by atoms with Gasteiger partial charge in [-0.25, -0.2) is 9.78 Å². The number of carbonyl (C=O) groups is 1. The Morgan fingerprint density at radius 2 is 1.63 bits per heavy atom. The zero-order valence-electron chi connectivity index (χ0n) is 15.8. The molecule has 4 rings (SSSR count). The van der Waals surface area contributed by atoms with Crippen LogP contribution in [0.3, 0.4) is 0 Å². The number of benzene rings is 2. The Balaban J connectivity index is 1.99. The topological polar surface area (TPSA) is 39.2 Å². The molecule has 0 aliphatic heterocycles. The van der Waals surface area contributed by atoms with E-state index in [0.717, 1.165) is 40.4 Å². The lowest BCUT2D eigenvalue weighted by atomic mass is 9.83. The van der Waals surface area contributed by atoms with Crippen LogP contribution in [0.4, 0.5) is 0 Å². The van der Waals surface area contributed by atoms with Gasteiger partial charge in [-0.1, -0.05) is 73.9 Å². The molecule has 138 valence electrons. The summed E-state index contributed by atoms with van der Waals surface area (Å²) >= 11 is 0. The molecule has 1 aromatic heterocycles. The molecule has 0 saturated heterocycles. The van der Waals surface area contributed by atoms with Gasteiger partial charge in [0.25, 0.3) is 0 Å². The Morgan fingerprint density at radius 3 is 2.33 bits per heavy atom. The standard InChI is InChI=1S/C24H25NO2/c1-2-27-24(26)23-21(17-11-5-3-6-12-17)19-15-9-10-16-20(19)22(25-23)18-13-7-4-8-14-18/h3,5-6,9-12,15-16,18H,2,4,7-8,13-14H2,1H3. The number of fused-ring (bicyclic) bond motifs is 1. The van der Waals surface area contributed by atoms with Gasteiger partial charge in [0, 0.05) is 16.9 Å². The molecular weight excluding hydrogens is 334 g/mol. The molecule has 0 amide bonds. The van der Waals surface area contributed by atoms with Gasteiger partial charge in [-0.2, -0.15) is 0 Å². The summed E-state index contributed by atoms with van der Waals surface area (Å²) in [4.78, 5) is 17.8. The SMILES string of the molecule is CCOC(=O)c1nc(C2CCCCC2)c2ccccc2c1-c1ccccc1. The first kappa shape index (κ1) is 17.7. The second-order valence-electron chi connectivity index (χ2n) is 7.19. The Kier molecular flexibility index (Phi) is 5.19. The van der Waals surface area contributed by atoms with E-state index in [9.17, 15) is 4.79 Å². The lowest BCUT2D eigenvalue weighted by Crippen LogP contribution is -2.14. The van der Waals surface area contributed by atoms with Gasteiger partial charge >= 0.3 is 5.97 Å².